The Morgan fingerprint density at radius 3 is 1.36 bits per heavy atom. The van der Waals surface area contributed by atoms with Gasteiger partial charge in [-0.2, -0.15) is 25.3 Å². The molecule has 3 aliphatic carbocycles. The summed E-state index contributed by atoms with van der Waals surface area (Å²) in [5.74, 6) is 2.58. The van der Waals surface area contributed by atoms with Gasteiger partial charge in [-0.25, -0.2) is 15.8 Å². The van der Waals surface area contributed by atoms with Crippen LogP contribution < -0.4 is 28.7 Å². The summed E-state index contributed by atoms with van der Waals surface area (Å²) in [4.78, 5) is 25.5. The fraction of sp³-hybridized carbons (Fsp3) is 0.882. The molecule has 0 spiro atoms. The van der Waals surface area contributed by atoms with Crippen molar-refractivity contribution in [2.45, 2.75) is 144 Å². The number of aliphatic hydroxyl groups excluding tert-OH is 2. The van der Waals surface area contributed by atoms with Gasteiger partial charge in [-0.3, -0.25) is 0 Å². The van der Waals surface area contributed by atoms with Gasteiger partial charge in [0.2, 0.25) is 0 Å². The molecule has 0 heterocycles. The van der Waals surface area contributed by atoms with Gasteiger partial charge in [0.1, 0.15) is 80.2 Å². The van der Waals surface area contributed by atoms with E-state index in [9.17, 15) is 19.8 Å². The second-order valence-electron chi connectivity index (χ2n) is 15.6. The van der Waals surface area contributed by atoms with E-state index in [1.54, 1.807) is 46.0 Å². The number of hydrogen-bond donors (Lipinski definition) is 6. The molecule has 2 fully saturated rings. The van der Waals surface area contributed by atoms with Crippen LogP contribution in [0.5, 0.6) is 0 Å². The maximum Gasteiger partial charge on any atom is 0.335 e. The van der Waals surface area contributed by atoms with E-state index in [0.717, 1.165) is 80.4 Å². The number of ether oxygens (including phenoxy) is 2. The van der Waals surface area contributed by atoms with Gasteiger partial charge in [-0.1, -0.05) is 45.3 Å². The summed E-state index contributed by atoms with van der Waals surface area (Å²) in [5.41, 5.74) is 0.438. The second-order valence-corrected chi connectivity index (χ2v) is 35.1. The Hall–Kier alpha value is 2.21. The Kier molecular flexibility index (Phi) is 63.2. The second kappa shape index (κ2) is 51.6. The maximum absolute atomic E-state index is 11.5. The Balaban J connectivity index is -0.000000158. The first-order valence-electron chi connectivity index (χ1n) is 18.5. The first-order chi connectivity index (χ1) is 28.5. The number of allylic oxidation sites excluding steroid dienone is 1. The molecule has 0 saturated heterocycles. The summed E-state index contributed by atoms with van der Waals surface area (Å²) in [6.07, 6.45) is 10.7. The molecule has 0 bridgehead atoms. The van der Waals surface area contributed by atoms with Crippen LogP contribution in [0.2, 0.25) is 0 Å². The van der Waals surface area contributed by atoms with Gasteiger partial charge in [-0.05, 0) is 122 Å². The first kappa shape index (κ1) is 74.7. The van der Waals surface area contributed by atoms with Gasteiger partial charge in [0, 0.05) is 25.6 Å². The fourth-order valence-electron chi connectivity index (χ4n) is 5.61. The molecular formula is C34H65ClI6N3O14S3-. The molecule has 17 nitrogen and oxygen atoms in total. The van der Waals surface area contributed by atoms with Crippen LogP contribution in [0.15, 0.2) is 11.6 Å². The number of rotatable bonds is 6. The molecule has 0 aromatic rings. The Morgan fingerprint density at radius 2 is 1.07 bits per heavy atom. The summed E-state index contributed by atoms with van der Waals surface area (Å²) in [6.45, 7) is 19.6. The van der Waals surface area contributed by atoms with Gasteiger partial charge >= 0.3 is 97.4 Å². The van der Waals surface area contributed by atoms with Crippen molar-refractivity contribution in [2.75, 3.05) is 19.6 Å². The molecule has 61 heavy (non-hydrogen) atoms. The molecule has 0 aromatic heterocycles. The largest absolute Gasteiger partial charge is 0.335 e. The minimum atomic E-state index is -0.750. The van der Waals surface area contributed by atoms with E-state index in [4.69, 9.17) is 49.9 Å². The van der Waals surface area contributed by atoms with Crippen molar-refractivity contribution < 1.29 is 72.6 Å². The number of carbonyl (C=O) groups excluding carboxylic acids is 2. The van der Waals surface area contributed by atoms with Gasteiger partial charge in [-0.15, -0.1) is 0 Å². The molecule has 368 valence electrons. The SMILES string of the molecule is CC1CC=C(CNC(=O)OC(C)(C)C)CC1.C[C@@H]1CC[C@@H](CNC(=O)OC(C)(C)C)[C@H](O)C1.C[C@@H]1CC[C@@H](CNCl)[C@H](O)C1.IOI.I[I-]I.O=S=O.O=S=O.O=S=O.OI. The molecule has 6 N–H and O–H groups in total. The standard InChI is InChI=1S/C13H25NO3.C13H23NO2.C8H16ClNO.I3.I2O.HIO.3O2S/c1-9-5-6-10(11(15)7-9)8-14-12(16)17-13(2,3)4;1-10-5-7-11(8-6-10)9-14-12(15)16-13(2,3)4;1-6-2-3-7(5-10-9)8(11)4-6;2*1-3-2;1-2;3*1-3-2/h9-11,15H,5-8H2,1-4H3,(H,14,16);7,10H,5-6,8-9H2,1-4H3,(H,14,15);6-8,10-11H,2-5H2,1H3;;;2H;;;/q;;;-1;;;;;/t9-,10+,11-;;6-,7+,8-;;;;;;/m1.1....../s1. The van der Waals surface area contributed by atoms with Crippen molar-refractivity contribution in [3.05, 3.63) is 11.6 Å². The third-order valence-electron chi connectivity index (χ3n) is 8.31. The number of amides is 2. The Bertz CT molecular complexity index is 1190. The normalized spacial score (nSPS) is 22.3. The molecular weight excluding hydrogens is 1570 g/mol. The Morgan fingerprint density at radius 1 is 0.721 bits per heavy atom. The van der Waals surface area contributed by atoms with E-state index in [1.807, 2.05) is 41.5 Å². The van der Waals surface area contributed by atoms with Crippen LogP contribution in [0, 0.1) is 29.6 Å². The molecule has 7 atom stereocenters. The molecule has 3 rings (SSSR count). The third-order valence-corrected chi connectivity index (χ3v) is 8.46. The van der Waals surface area contributed by atoms with Crippen LogP contribution in [0.1, 0.15) is 120 Å². The van der Waals surface area contributed by atoms with Crippen LogP contribution in [0.25, 0.3) is 0 Å². The topological polar surface area (TPSA) is 261 Å². The quantitative estimate of drug-likeness (QED) is 0.103. The van der Waals surface area contributed by atoms with Crippen molar-refractivity contribution >= 4 is 165 Å². The predicted molar refractivity (Wildman–Crippen MR) is 279 cm³/mol. The average molecular weight is 1630 g/mol. The van der Waals surface area contributed by atoms with Gasteiger partial charge in [0.05, 0.1) is 12.2 Å². The van der Waals surface area contributed by atoms with Gasteiger partial charge < -0.3 is 33.8 Å². The van der Waals surface area contributed by atoms with Crippen molar-refractivity contribution in [3.8, 4) is 0 Å². The van der Waals surface area contributed by atoms with Crippen LogP contribution in [0.3, 0.4) is 0 Å². The van der Waals surface area contributed by atoms with E-state index in [1.165, 1.54) is 18.4 Å². The van der Waals surface area contributed by atoms with Crippen molar-refractivity contribution in [2.24, 2.45) is 29.6 Å². The van der Waals surface area contributed by atoms with E-state index in [2.05, 4.69) is 80.9 Å². The number of halogens is 7. The number of hydrogen-bond acceptors (Lipinski definition) is 15. The Labute approximate surface area is 451 Å². The molecule has 2 saturated carbocycles. The van der Waals surface area contributed by atoms with Crippen LogP contribution in [-0.2, 0) is 45.6 Å². The van der Waals surface area contributed by atoms with Crippen LogP contribution in [0.4, 0.5) is 9.59 Å². The fourth-order valence-corrected chi connectivity index (χ4v) is 5.81. The molecule has 27 heteroatoms. The zero-order valence-electron chi connectivity index (χ0n) is 35.8. The summed E-state index contributed by atoms with van der Waals surface area (Å²) < 4.78 is 71.2. The third kappa shape index (κ3) is 60.2. The number of carbonyl (C=O) groups is 2. The van der Waals surface area contributed by atoms with Crippen LogP contribution >= 0.6 is 118 Å². The van der Waals surface area contributed by atoms with Gasteiger partial charge in [0.15, 0.2) is 0 Å². The molecule has 2 amide bonds. The van der Waals surface area contributed by atoms with Crippen molar-refractivity contribution in [1.29, 1.82) is 0 Å². The summed E-state index contributed by atoms with van der Waals surface area (Å²) >= 11 is 13.1. The molecule has 1 unspecified atom stereocenters. The predicted octanol–water partition coefficient (Wildman–Crippen LogP) is 5.89. The zero-order valence-corrected chi connectivity index (χ0v) is 52.0. The van der Waals surface area contributed by atoms with Crippen molar-refractivity contribution in [3.63, 3.8) is 0 Å². The van der Waals surface area contributed by atoms with E-state index in [-0.39, 0.29) is 24.2 Å². The summed E-state index contributed by atoms with van der Waals surface area (Å²) in [6, 6.07) is 0. The number of alkyl carbamates (subject to hydrolysis) is 2. The van der Waals surface area contributed by atoms with E-state index in [0.29, 0.717) is 44.1 Å². The maximum atomic E-state index is 11.5. The molecule has 0 radical (unpaired) electrons. The molecule has 0 aromatic carbocycles. The number of nitrogens with one attached hydrogen (secondary N) is 3. The first-order valence-corrected chi connectivity index (χ1v) is 36.1. The monoisotopic (exact) mass is 1630 g/mol. The molecule has 0 aliphatic heterocycles. The zero-order chi connectivity index (χ0) is 49.0. The van der Waals surface area contributed by atoms with E-state index < -0.39 is 52.0 Å². The smallest absolute Gasteiger partial charge is 0.331 e. The van der Waals surface area contributed by atoms with Gasteiger partial charge in [0.25, 0.3) is 0 Å². The minimum absolute atomic E-state index is 0.148. The average Bonchev–Trinajstić information content (AvgIpc) is 3.14. The van der Waals surface area contributed by atoms with E-state index >= 15 is 0 Å². The summed E-state index contributed by atoms with van der Waals surface area (Å²) in [5, 5.41) is 25.0. The van der Waals surface area contributed by atoms with Crippen molar-refractivity contribution in [1.82, 2.24) is 15.5 Å². The number of aliphatic hydroxyl groups is 2. The van der Waals surface area contributed by atoms with Crippen LogP contribution in [-0.4, -0.2) is 94.1 Å². The summed E-state index contributed by atoms with van der Waals surface area (Å²) in [7, 11) is 0. The molecule has 3 aliphatic rings. The minimum Gasteiger partial charge on any atom is -0.331 e.